The highest BCUT2D eigenvalue weighted by Crippen LogP contribution is 2.23. The van der Waals surface area contributed by atoms with Crippen LogP contribution in [0.3, 0.4) is 0 Å². The molecule has 3 heteroatoms. The van der Waals surface area contributed by atoms with Gasteiger partial charge in [-0.2, -0.15) is 0 Å². The molecule has 0 saturated carbocycles. The van der Waals surface area contributed by atoms with Crippen LogP contribution in [0.15, 0.2) is 34.7 Å². The zero-order valence-electron chi connectivity index (χ0n) is 13.2. The Morgan fingerprint density at radius 2 is 2.00 bits per heavy atom. The highest BCUT2D eigenvalue weighted by atomic mass is 16.5. The van der Waals surface area contributed by atoms with Crippen LogP contribution < -0.4 is 5.73 Å². The van der Waals surface area contributed by atoms with E-state index in [0.717, 1.165) is 23.2 Å². The Labute approximate surface area is 127 Å². The molecule has 0 spiro atoms. The number of ether oxygens (including phenoxy) is 1. The van der Waals surface area contributed by atoms with Gasteiger partial charge in [0.2, 0.25) is 0 Å². The van der Waals surface area contributed by atoms with Gasteiger partial charge in [0.1, 0.15) is 11.3 Å². The van der Waals surface area contributed by atoms with Crippen molar-refractivity contribution in [3.8, 4) is 0 Å². The molecule has 1 aromatic carbocycles. The summed E-state index contributed by atoms with van der Waals surface area (Å²) in [4.78, 5) is 0. The summed E-state index contributed by atoms with van der Waals surface area (Å²) < 4.78 is 11.6. The van der Waals surface area contributed by atoms with E-state index in [4.69, 9.17) is 14.9 Å². The topological polar surface area (TPSA) is 48.4 Å². The molecule has 0 aliphatic heterocycles. The molecule has 2 aromatic rings. The lowest BCUT2D eigenvalue weighted by Crippen LogP contribution is -2.20. The molecule has 0 bridgehead atoms. The van der Waals surface area contributed by atoms with Crippen LogP contribution in [0.5, 0.6) is 0 Å². The molecular formula is C18H27NO2. The van der Waals surface area contributed by atoms with Crippen molar-refractivity contribution in [3.63, 3.8) is 0 Å². The average molecular weight is 289 g/mol. The van der Waals surface area contributed by atoms with Crippen LogP contribution in [0.4, 0.5) is 0 Å². The van der Waals surface area contributed by atoms with Crippen molar-refractivity contribution in [3.05, 3.63) is 36.1 Å². The van der Waals surface area contributed by atoms with Crippen LogP contribution in [-0.2, 0) is 4.74 Å². The minimum Gasteiger partial charge on any atom is -0.459 e. The predicted octanol–water partition coefficient (Wildman–Crippen LogP) is 4.81. The lowest BCUT2D eigenvalue weighted by molar-refractivity contribution is 0.0462. The van der Waals surface area contributed by atoms with Crippen molar-refractivity contribution in [2.45, 2.75) is 58.1 Å². The van der Waals surface area contributed by atoms with Gasteiger partial charge in [0.05, 0.1) is 18.8 Å². The Kier molecular flexibility index (Phi) is 6.27. The third kappa shape index (κ3) is 4.87. The molecule has 0 radical (unpaired) electrons. The first kappa shape index (κ1) is 16.1. The number of hydrogen-bond acceptors (Lipinski definition) is 3. The van der Waals surface area contributed by atoms with E-state index in [1.165, 1.54) is 25.7 Å². The molecule has 2 rings (SSSR count). The molecule has 2 atom stereocenters. The third-order valence-corrected chi connectivity index (χ3v) is 3.83. The average Bonchev–Trinajstić information content (AvgIpc) is 2.93. The van der Waals surface area contributed by atoms with Crippen LogP contribution in [0.25, 0.3) is 11.0 Å². The standard InChI is InChI=1S/C18H27NO2/c1-3-4-5-6-9-14(2)20-13-16(19)18-12-15-10-7-8-11-17(15)21-18/h7-8,10-12,14,16H,3-6,9,13,19H2,1-2H3. The number of benzene rings is 1. The van der Waals surface area contributed by atoms with Gasteiger partial charge in [-0.05, 0) is 25.5 Å². The number of rotatable bonds is 9. The Bertz CT molecular complexity index is 502. The van der Waals surface area contributed by atoms with E-state index in [2.05, 4.69) is 13.8 Å². The lowest BCUT2D eigenvalue weighted by atomic mass is 10.1. The third-order valence-electron chi connectivity index (χ3n) is 3.83. The SMILES string of the molecule is CCCCCCC(C)OCC(N)c1cc2ccccc2o1. The number of furan rings is 1. The molecule has 0 aliphatic rings. The van der Waals surface area contributed by atoms with Crippen molar-refractivity contribution in [2.75, 3.05) is 6.61 Å². The van der Waals surface area contributed by atoms with Crippen molar-refractivity contribution in [1.29, 1.82) is 0 Å². The summed E-state index contributed by atoms with van der Waals surface area (Å²) in [5.74, 6) is 0.800. The van der Waals surface area contributed by atoms with Gasteiger partial charge in [-0.25, -0.2) is 0 Å². The fraction of sp³-hybridized carbons (Fsp3) is 0.556. The maximum absolute atomic E-state index is 6.16. The Balaban J connectivity index is 1.77. The number of hydrogen-bond donors (Lipinski definition) is 1. The van der Waals surface area contributed by atoms with Gasteiger partial charge in [-0.3, -0.25) is 0 Å². The van der Waals surface area contributed by atoms with E-state index < -0.39 is 0 Å². The second-order valence-corrected chi connectivity index (χ2v) is 5.79. The maximum Gasteiger partial charge on any atom is 0.134 e. The quantitative estimate of drug-likeness (QED) is 0.674. The normalized spacial score (nSPS) is 14.4. The summed E-state index contributed by atoms with van der Waals surface area (Å²) in [5.41, 5.74) is 7.05. The summed E-state index contributed by atoms with van der Waals surface area (Å²) in [6.45, 7) is 4.86. The highest BCUT2D eigenvalue weighted by molar-refractivity contribution is 5.77. The molecule has 0 saturated heterocycles. The first-order valence-corrected chi connectivity index (χ1v) is 8.06. The van der Waals surface area contributed by atoms with Crippen LogP contribution in [0, 0.1) is 0 Å². The predicted molar refractivity (Wildman–Crippen MR) is 87.3 cm³/mol. The minimum absolute atomic E-state index is 0.199. The van der Waals surface area contributed by atoms with Gasteiger partial charge in [-0.15, -0.1) is 0 Å². The fourth-order valence-electron chi connectivity index (χ4n) is 2.48. The summed E-state index contributed by atoms with van der Waals surface area (Å²) in [6.07, 6.45) is 6.47. The van der Waals surface area contributed by atoms with Gasteiger partial charge in [0.25, 0.3) is 0 Å². The van der Waals surface area contributed by atoms with E-state index in [9.17, 15) is 0 Å². The van der Waals surface area contributed by atoms with E-state index in [0.29, 0.717) is 6.61 Å². The molecule has 0 fully saturated rings. The fourth-order valence-corrected chi connectivity index (χ4v) is 2.48. The van der Waals surface area contributed by atoms with Gasteiger partial charge in [0.15, 0.2) is 0 Å². The second-order valence-electron chi connectivity index (χ2n) is 5.79. The van der Waals surface area contributed by atoms with E-state index in [1.54, 1.807) is 0 Å². The van der Waals surface area contributed by atoms with Crippen molar-refractivity contribution < 1.29 is 9.15 Å². The monoisotopic (exact) mass is 289 g/mol. The second kappa shape index (κ2) is 8.20. The van der Waals surface area contributed by atoms with Gasteiger partial charge >= 0.3 is 0 Å². The molecule has 3 nitrogen and oxygen atoms in total. The van der Waals surface area contributed by atoms with E-state index in [1.807, 2.05) is 30.3 Å². The zero-order valence-corrected chi connectivity index (χ0v) is 13.2. The molecule has 0 aliphatic carbocycles. The number of nitrogens with two attached hydrogens (primary N) is 1. The smallest absolute Gasteiger partial charge is 0.134 e. The molecule has 1 aromatic heterocycles. The number of para-hydroxylation sites is 1. The summed E-state index contributed by atoms with van der Waals surface area (Å²) in [5, 5.41) is 1.09. The van der Waals surface area contributed by atoms with Crippen LogP contribution in [-0.4, -0.2) is 12.7 Å². The van der Waals surface area contributed by atoms with Crippen molar-refractivity contribution >= 4 is 11.0 Å². The summed E-state index contributed by atoms with van der Waals surface area (Å²) in [6, 6.07) is 9.78. The molecule has 21 heavy (non-hydrogen) atoms. The van der Waals surface area contributed by atoms with Crippen molar-refractivity contribution in [1.82, 2.24) is 0 Å². The zero-order chi connectivity index (χ0) is 15.1. The first-order valence-electron chi connectivity index (χ1n) is 8.06. The molecular weight excluding hydrogens is 262 g/mol. The molecule has 0 amide bonds. The Hall–Kier alpha value is -1.32. The van der Waals surface area contributed by atoms with Crippen LogP contribution in [0.1, 0.15) is 57.8 Å². The largest absolute Gasteiger partial charge is 0.459 e. The molecule has 1 heterocycles. The van der Waals surface area contributed by atoms with E-state index in [-0.39, 0.29) is 12.1 Å². The molecule has 2 unspecified atom stereocenters. The van der Waals surface area contributed by atoms with E-state index >= 15 is 0 Å². The van der Waals surface area contributed by atoms with Gasteiger partial charge < -0.3 is 14.9 Å². The highest BCUT2D eigenvalue weighted by Gasteiger charge is 2.13. The van der Waals surface area contributed by atoms with Gasteiger partial charge in [0, 0.05) is 5.39 Å². The molecule has 2 N–H and O–H groups in total. The Morgan fingerprint density at radius 3 is 2.76 bits per heavy atom. The Morgan fingerprint density at radius 1 is 1.19 bits per heavy atom. The van der Waals surface area contributed by atoms with Crippen LogP contribution >= 0.6 is 0 Å². The molecule has 116 valence electrons. The van der Waals surface area contributed by atoms with Crippen LogP contribution in [0.2, 0.25) is 0 Å². The summed E-state index contributed by atoms with van der Waals surface area (Å²) >= 11 is 0. The number of fused-ring (bicyclic) bond motifs is 1. The van der Waals surface area contributed by atoms with Crippen molar-refractivity contribution in [2.24, 2.45) is 5.73 Å². The minimum atomic E-state index is -0.199. The van der Waals surface area contributed by atoms with Gasteiger partial charge in [-0.1, -0.05) is 50.8 Å². The maximum atomic E-state index is 6.16. The lowest BCUT2D eigenvalue weighted by Gasteiger charge is -2.15. The number of unbranched alkanes of at least 4 members (excludes halogenated alkanes) is 3. The first-order chi connectivity index (χ1) is 10.2. The summed E-state index contributed by atoms with van der Waals surface area (Å²) in [7, 11) is 0.